The second-order valence-electron chi connectivity index (χ2n) is 5.15. The predicted molar refractivity (Wildman–Crippen MR) is 69.8 cm³/mol. The van der Waals surface area contributed by atoms with E-state index in [0.29, 0.717) is 18.6 Å². The van der Waals surface area contributed by atoms with Gasteiger partial charge in [-0.05, 0) is 32.4 Å². The maximum atomic E-state index is 13.3. The lowest BCUT2D eigenvalue weighted by atomic mass is 9.97. The van der Waals surface area contributed by atoms with Gasteiger partial charge in [-0.3, -0.25) is 4.79 Å². The molecule has 0 atom stereocenters. The molecule has 0 radical (unpaired) electrons. The third-order valence-electron chi connectivity index (χ3n) is 3.60. The SMILES string of the molecule is CCC(C)(C)N(C)C(=O)c1cc(F)c(F)cc1C(=O)O. The highest BCUT2D eigenvalue weighted by Crippen LogP contribution is 2.22. The van der Waals surface area contributed by atoms with Gasteiger partial charge in [-0.25, -0.2) is 13.6 Å². The van der Waals surface area contributed by atoms with E-state index in [1.807, 2.05) is 6.92 Å². The molecule has 0 heterocycles. The van der Waals surface area contributed by atoms with Crippen LogP contribution < -0.4 is 0 Å². The summed E-state index contributed by atoms with van der Waals surface area (Å²) in [6.07, 6.45) is 0.626. The number of carbonyl (C=O) groups excluding carboxylic acids is 1. The van der Waals surface area contributed by atoms with Crippen molar-refractivity contribution in [2.45, 2.75) is 32.7 Å². The number of benzene rings is 1. The summed E-state index contributed by atoms with van der Waals surface area (Å²) in [7, 11) is 1.50. The molecule has 0 bridgehead atoms. The number of carbonyl (C=O) groups is 2. The van der Waals surface area contributed by atoms with Gasteiger partial charge < -0.3 is 10.0 Å². The number of hydrogen-bond donors (Lipinski definition) is 1. The average molecular weight is 285 g/mol. The van der Waals surface area contributed by atoms with E-state index in [4.69, 9.17) is 5.11 Å². The van der Waals surface area contributed by atoms with Crippen molar-refractivity contribution in [3.8, 4) is 0 Å². The largest absolute Gasteiger partial charge is 0.478 e. The highest BCUT2D eigenvalue weighted by molar-refractivity contribution is 6.04. The first kappa shape index (κ1) is 16.1. The van der Waals surface area contributed by atoms with Crippen LogP contribution in [0.2, 0.25) is 0 Å². The monoisotopic (exact) mass is 285 g/mol. The van der Waals surface area contributed by atoms with Gasteiger partial charge >= 0.3 is 5.97 Å². The van der Waals surface area contributed by atoms with Crippen molar-refractivity contribution in [1.82, 2.24) is 4.90 Å². The second kappa shape index (κ2) is 5.56. The van der Waals surface area contributed by atoms with Crippen LogP contribution in [0.25, 0.3) is 0 Å². The van der Waals surface area contributed by atoms with Gasteiger partial charge in [0.1, 0.15) is 0 Å². The first-order chi connectivity index (χ1) is 9.11. The Kier molecular flexibility index (Phi) is 4.47. The molecule has 1 N–H and O–H groups in total. The summed E-state index contributed by atoms with van der Waals surface area (Å²) >= 11 is 0. The summed E-state index contributed by atoms with van der Waals surface area (Å²) in [5, 5.41) is 9.01. The van der Waals surface area contributed by atoms with Gasteiger partial charge in [0.25, 0.3) is 5.91 Å². The van der Waals surface area contributed by atoms with Crippen LogP contribution in [0.4, 0.5) is 8.78 Å². The van der Waals surface area contributed by atoms with E-state index in [9.17, 15) is 18.4 Å². The Morgan fingerprint density at radius 2 is 1.65 bits per heavy atom. The molecule has 0 saturated carbocycles. The standard InChI is InChI=1S/C14H17F2NO3/c1-5-14(2,3)17(4)12(18)8-6-10(15)11(16)7-9(8)13(19)20/h6-7H,5H2,1-4H3,(H,19,20). The van der Waals surface area contributed by atoms with Crippen molar-refractivity contribution in [1.29, 1.82) is 0 Å². The van der Waals surface area contributed by atoms with Crippen molar-refractivity contribution in [2.75, 3.05) is 7.05 Å². The van der Waals surface area contributed by atoms with Gasteiger partial charge in [0, 0.05) is 12.6 Å². The molecule has 110 valence electrons. The molecule has 0 spiro atoms. The molecule has 1 rings (SSSR count). The Morgan fingerprint density at radius 1 is 1.20 bits per heavy atom. The van der Waals surface area contributed by atoms with Crippen LogP contribution in [-0.2, 0) is 0 Å². The van der Waals surface area contributed by atoms with Gasteiger partial charge in [-0.15, -0.1) is 0 Å². The van der Waals surface area contributed by atoms with Crippen LogP contribution in [-0.4, -0.2) is 34.5 Å². The lowest BCUT2D eigenvalue weighted by molar-refractivity contribution is 0.0599. The highest BCUT2D eigenvalue weighted by atomic mass is 19.2. The molecule has 0 aromatic heterocycles. The van der Waals surface area contributed by atoms with Crippen LogP contribution >= 0.6 is 0 Å². The molecule has 0 saturated heterocycles. The topological polar surface area (TPSA) is 57.6 Å². The number of nitrogens with zero attached hydrogens (tertiary/aromatic N) is 1. The lowest BCUT2D eigenvalue weighted by Crippen LogP contribution is -2.45. The van der Waals surface area contributed by atoms with Crippen molar-refractivity contribution < 1.29 is 23.5 Å². The minimum absolute atomic E-state index is 0.361. The van der Waals surface area contributed by atoms with E-state index in [1.54, 1.807) is 13.8 Å². The molecule has 0 unspecified atom stereocenters. The molecule has 20 heavy (non-hydrogen) atoms. The smallest absolute Gasteiger partial charge is 0.336 e. The van der Waals surface area contributed by atoms with Gasteiger partial charge in [0.15, 0.2) is 11.6 Å². The van der Waals surface area contributed by atoms with Crippen molar-refractivity contribution in [3.63, 3.8) is 0 Å². The van der Waals surface area contributed by atoms with Crippen LogP contribution in [0.3, 0.4) is 0 Å². The molecule has 0 aliphatic rings. The Labute approximate surface area is 116 Å². The zero-order chi connectivity index (χ0) is 15.7. The van der Waals surface area contributed by atoms with Gasteiger partial charge in [0.2, 0.25) is 0 Å². The van der Waals surface area contributed by atoms with E-state index in [0.717, 1.165) is 0 Å². The number of carboxylic acids is 1. The third kappa shape index (κ3) is 2.95. The number of halogens is 2. The maximum absolute atomic E-state index is 13.3. The summed E-state index contributed by atoms with van der Waals surface area (Å²) in [4.78, 5) is 24.7. The fraction of sp³-hybridized carbons (Fsp3) is 0.429. The molecular weight excluding hydrogens is 268 g/mol. The Balaban J connectivity index is 3.35. The van der Waals surface area contributed by atoms with E-state index < -0.39 is 34.6 Å². The van der Waals surface area contributed by atoms with Crippen LogP contribution in [0, 0.1) is 11.6 Å². The first-order valence-corrected chi connectivity index (χ1v) is 6.12. The maximum Gasteiger partial charge on any atom is 0.336 e. The normalized spacial score (nSPS) is 11.3. The number of hydrogen-bond acceptors (Lipinski definition) is 2. The Morgan fingerprint density at radius 3 is 2.05 bits per heavy atom. The zero-order valence-electron chi connectivity index (χ0n) is 11.8. The minimum Gasteiger partial charge on any atom is -0.478 e. The number of rotatable bonds is 4. The first-order valence-electron chi connectivity index (χ1n) is 6.12. The van der Waals surface area contributed by atoms with Crippen molar-refractivity contribution in [3.05, 3.63) is 34.9 Å². The number of aromatic carboxylic acids is 1. The van der Waals surface area contributed by atoms with Crippen molar-refractivity contribution >= 4 is 11.9 Å². The van der Waals surface area contributed by atoms with Gasteiger partial charge in [0.05, 0.1) is 11.1 Å². The predicted octanol–water partition coefficient (Wildman–Crippen LogP) is 2.92. The molecule has 4 nitrogen and oxygen atoms in total. The van der Waals surface area contributed by atoms with Crippen LogP contribution in [0.15, 0.2) is 12.1 Å². The number of carboxylic acid groups (broad SMARTS) is 1. The molecular formula is C14H17F2NO3. The van der Waals surface area contributed by atoms with Crippen LogP contribution in [0.1, 0.15) is 47.9 Å². The van der Waals surface area contributed by atoms with Gasteiger partial charge in [-0.2, -0.15) is 0 Å². The van der Waals surface area contributed by atoms with Crippen LogP contribution in [0.5, 0.6) is 0 Å². The Bertz CT molecular complexity index is 556. The minimum atomic E-state index is -1.48. The summed E-state index contributed by atoms with van der Waals surface area (Å²) in [6.45, 7) is 5.46. The zero-order valence-corrected chi connectivity index (χ0v) is 11.8. The number of amides is 1. The summed E-state index contributed by atoms with van der Waals surface area (Å²) in [6, 6.07) is 1.15. The average Bonchev–Trinajstić information content (AvgIpc) is 2.39. The van der Waals surface area contributed by atoms with E-state index >= 15 is 0 Å². The van der Waals surface area contributed by atoms with E-state index in [-0.39, 0.29) is 5.56 Å². The second-order valence-corrected chi connectivity index (χ2v) is 5.15. The molecule has 6 heteroatoms. The molecule has 0 aliphatic heterocycles. The quantitative estimate of drug-likeness (QED) is 0.925. The van der Waals surface area contributed by atoms with E-state index in [1.165, 1.54) is 11.9 Å². The summed E-state index contributed by atoms with van der Waals surface area (Å²) in [5.41, 5.74) is -1.44. The molecule has 0 fully saturated rings. The lowest BCUT2D eigenvalue weighted by Gasteiger charge is -2.35. The molecule has 0 aliphatic carbocycles. The van der Waals surface area contributed by atoms with E-state index in [2.05, 4.69) is 0 Å². The van der Waals surface area contributed by atoms with Crippen molar-refractivity contribution in [2.24, 2.45) is 0 Å². The van der Waals surface area contributed by atoms with Gasteiger partial charge in [-0.1, -0.05) is 6.92 Å². The molecule has 1 aromatic rings. The highest BCUT2D eigenvalue weighted by Gasteiger charge is 2.30. The molecule has 1 amide bonds. The third-order valence-corrected chi connectivity index (χ3v) is 3.60. The fourth-order valence-electron chi connectivity index (χ4n) is 1.59. The summed E-state index contributed by atoms with van der Waals surface area (Å²) < 4.78 is 26.4. The molecule has 1 aromatic carbocycles. The fourth-order valence-corrected chi connectivity index (χ4v) is 1.59. The summed E-state index contributed by atoms with van der Waals surface area (Å²) in [5.74, 6) is -4.68. The Hall–Kier alpha value is -1.98.